The molecule has 0 unspecified atom stereocenters. The Labute approximate surface area is 127 Å². The van der Waals surface area contributed by atoms with Gasteiger partial charge in [0.2, 0.25) is 5.91 Å². The van der Waals surface area contributed by atoms with Crippen LogP contribution < -0.4 is 0 Å². The molecule has 6 heteroatoms. The minimum Gasteiger partial charge on any atom is -0.342 e. The Morgan fingerprint density at radius 2 is 2.10 bits per heavy atom. The molecule has 0 aliphatic carbocycles. The normalized spacial score (nSPS) is 19.9. The van der Waals surface area contributed by atoms with Gasteiger partial charge in [0.05, 0.1) is 13.1 Å². The zero-order chi connectivity index (χ0) is 15.4. The van der Waals surface area contributed by atoms with Gasteiger partial charge in [0, 0.05) is 20.1 Å². The number of carbonyl (C=O) groups excluding carboxylic acids is 1. The third-order valence-electron chi connectivity index (χ3n) is 4.37. The van der Waals surface area contributed by atoms with E-state index < -0.39 is 0 Å². The fourth-order valence-corrected chi connectivity index (χ4v) is 2.73. The summed E-state index contributed by atoms with van der Waals surface area (Å²) >= 11 is 0. The van der Waals surface area contributed by atoms with Crippen molar-refractivity contribution in [2.24, 2.45) is 13.0 Å². The van der Waals surface area contributed by atoms with E-state index in [9.17, 15) is 4.79 Å². The van der Waals surface area contributed by atoms with Gasteiger partial charge in [-0.25, -0.2) is 0 Å². The molecule has 1 fully saturated rings. The number of rotatable bonds is 4. The number of likely N-dealkylation sites (tertiary alicyclic amines) is 1. The Morgan fingerprint density at radius 3 is 2.76 bits per heavy atom. The third kappa shape index (κ3) is 4.27. The van der Waals surface area contributed by atoms with Gasteiger partial charge in [0.25, 0.3) is 0 Å². The van der Waals surface area contributed by atoms with E-state index in [0.29, 0.717) is 13.1 Å². The molecule has 1 aliphatic rings. The molecule has 21 heavy (non-hydrogen) atoms. The average molecular weight is 293 g/mol. The smallest absolute Gasteiger partial charge is 0.236 e. The summed E-state index contributed by atoms with van der Waals surface area (Å²) in [7, 11) is 3.92. The molecule has 0 spiro atoms. The number of amides is 1. The molecule has 1 atom stereocenters. The lowest BCUT2D eigenvalue weighted by Gasteiger charge is -2.24. The Balaban J connectivity index is 1.85. The highest BCUT2D eigenvalue weighted by Crippen LogP contribution is 2.16. The first-order chi connectivity index (χ1) is 9.97. The van der Waals surface area contributed by atoms with E-state index in [1.54, 1.807) is 0 Å². The van der Waals surface area contributed by atoms with Crippen LogP contribution in [0.25, 0.3) is 0 Å². The van der Waals surface area contributed by atoms with E-state index in [4.69, 9.17) is 0 Å². The predicted octanol–water partition coefficient (Wildman–Crippen LogP) is 1.20. The fraction of sp³-hybridized carbons (Fsp3) is 0.800. The second-order valence-corrected chi connectivity index (χ2v) is 6.31. The zero-order valence-electron chi connectivity index (χ0n) is 13.7. The van der Waals surface area contributed by atoms with Crippen molar-refractivity contribution < 1.29 is 4.79 Å². The van der Waals surface area contributed by atoms with Crippen LogP contribution >= 0.6 is 0 Å². The molecule has 0 radical (unpaired) electrons. The van der Waals surface area contributed by atoms with Crippen LogP contribution in [0.5, 0.6) is 0 Å². The van der Waals surface area contributed by atoms with E-state index in [0.717, 1.165) is 43.5 Å². The summed E-state index contributed by atoms with van der Waals surface area (Å²) in [5.41, 5.74) is 0. The lowest BCUT2D eigenvalue weighted by molar-refractivity contribution is -0.132. The van der Waals surface area contributed by atoms with Crippen LogP contribution in [0.15, 0.2) is 0 Å². The zero-order valence-corrected chi connectivity index (χ0v) is 13.7. The molecule has 1 aromatic heterocycles. The molecule has 0 saturated carbocycles. The van der Waals surface area contributed by atoms with Crippen molar-refractivity contribution in [2.75, 3.05) is 26.7 Å². The number of hydrogen-bond acceptors (Lipinski definition) is 4. The van der Waals surface area contributed by atoms with Gasteiger partial charge in [-0.1, -0.05) is 6.92 Å². The van der Waals surface area contributed by atoms with Gasteiger partial charge < -0.3 is 9.47 Å². The Morgan fingerprint density at radius 1 is 1.33 bits per heavy atom. The number of aromatic nitrogens is 3. The molecule has 1 amide bonds. The number of nitrogens with zero attached hydrogens (tertiary/aromatic N) is 5. The molecular weight excluding hydrogens is 266 g/mol. The minimum atomic E-state index is 0.227. The minimum absolute atomic E-state index is 0.227. The lowest BCUT2D eigenvalue weighted by Crippen LogP contribution is -2.39. The second kappa shape index (κ2) is 7.02. The van der Waals surface area contributed by atoms with Gasteiger partial charge in [-0.2, -0.15) is 0 Å². The maximum absolute atomic E-state index is 12.4. The summed E-state index contributed by atoms with van der Waals surface area (Å²) in [6.45, 7) is 7.10. The fourth-order valence-electron chi connectivity index (χ4n) is 2.73. The highest BCUT2D eigenvalue weighted by Gasteiger charge is 2.20. The molecule has 0 bridgehead atoms. The quantitative estimate of drug-likeness (QED) is 0.837. The predicted molar refractivity (Wildman–Crippen MR) is 81.7 cm³/mol. The number of carbonyl (C=O) groups is 1. The lowest BCUT2D eigenvalue weighted by atomic mass is 10.0. The van der Waals surface area contributed by atoms with Crippen molar-refractivity contribution in [1.29, 1.82) is 0 Å². The molecule has 1 aromatic rings. The summed E-state index contributed by atoms with van der Waals surface area (Å²) < 4.78 is 1.97. The summed E-state index contributed by atoms with van der Waals surface area (Å²) in [5.74, 6) is 2.76. The molecule has 118 valence electrons. The van der Waals surface area contributed by atoms with Gasteiger partial charge in [-0.3, -0.25) is 9.69 Å². The highest BCUT2D eigenvalue weighted by molar-refractivity contribution is 5.78. The van der Waals surface area contributed by atoms with Crippen LogP contribution in [0.4, 0.5) is 0 Å². The Bertz CT molecular complexity index is 484. The number of likely N-dealkylation sites (N-methyl/N-ethyl adjacent to an activating group) is 1. The van der Waals surface area contributed by atoms with Crippen molar-refractivity contribution in [2.45, 2.75) is 39.7 Å². The maximum atomic E-state index is 12.4. The number of aryl methyl sites for hydroxylation is 1. The van der Waals surface area contributed by atoms with Crippen molar-refractivity contribution >= 4 is 5.91 Å². The molecule has 2 rings (SSSR count). The Kier molecular flexibility index (Phi) is 5.33. The summed E-state index contributed by atoms with van der Waals surface area (Å²) in [5, 5.41) is 8.20. The first-order valence-corrected chi connectivity index (χ1v) is 7.78. The van der Waals surface area contributed by atoms with Crippen molar-refractivity contribution in [3.8, 4) is 0 Å². The molecule has 0 N–H and O–H groups in total. The molecule has 1 aliphatic heterocycles. The molecule has 1 saturated heterocycles. The van der Waals surface area contributed by atoms with Gasteiger partial charge in [-0.05, 0) is 39.2 Å². The van der Waals surface area contributed by atoms with Crippen LogP contribution in [0, 0.1) is 12.8 Å². The van der Waals surface area contributed by atoms with E-state index in [2.05, 4.69) is 17.1 Å². The van der Waals surface area contributed by atoms with E-state index in [1.165, 1.54) is 6.42 Å². The van der Waals surface area contributed by atoms with Gasteiger partial charge in [0.1, 0.15) is 11.6 Å². The van der Waals surface area contributed by atoms with Crippen LogP contribution in [0.2, 0.25) is 0 Å². The van der Waals surface area contributed by atoms with Crippen molar-refractivity contribution in [1.82, 2.24) is 24.6 Å². The summed E-state index contributed by atoms with van der Waals surface area (Å²) in [6, 6.07) is 0. The topological polar surface area (TPSA) is 54.3 Å². The summed E-state index contributed by atoms with van der Waals surface area (Å²) in [4.78, 5) is 16.4. The van der Waals surface area contributed by atoms with Gasteiger partial charge in [-0.15, -0.1) is 10.2 Å². The first kappa shape index (κ1) is 15.9. The largest absolute Gasteiger partial charge is 0.342 e. The van der Waals surface area contributed by atoms with Crippen LogP contribution in [0.1, 0.15) is 37.8 Å². The van der Waals surface area contributed by atoms with Crippen molar-refractivity contribution in [3.05, 3.63) is 11.6 Å². The molecular formula is C15H27N5O. The Hall–Kier alpha value is -1.43. The summed E-state index contributed by atoms with van der Waals surface area (Å²) in [6.07, 6.45) is 3.48. The van der Waals surface area contributed by atoms with Crippen LogP contribution in [-0.4, -0.2) is 57.2 Å². The SMILES string of the molecule is Cc1nnc(CN(C)CC(=O)N2CCC[C@H](C)CC2)n1C. The van der Waals surface area contributed by atoms with E-state index in [-0.39, 0.29) is 5.91 Å². The van der Waals surface area contributed by atoms with Crippen LogP contribution in [-0.2, 0) is 18.4 Å². The van der Waals surface area contributed by atoms with E-state index in [1.807, 2.05) is 35.4 Å². The van der Waals surface area contributed by atoms with Crippen LogP contribution in [0.3, 0.4) is 0 Å². The average Bonchev–Trinajstić information content (AvgIpc) is 2.65. The number of hydrogen-bond donors (Lipinski definition) is 0. The van der Waals surface area contributed by atoms with Gasteiger partial charge >= 0.3 is 0 Å². The van der Waals surface area contributed by atoms with Crippen molar-refractivity contribution in [3.63, 3.8) is 0 Å². The van der Waals surface area contributed by atoms with Gasteiger partial charge in [0.15, 0.2) is 0 Å². The highest BCUT2D eigenvalue weighted by atomic mass is 16.2. The second-order valence-electron chi connectivity index (χ2n) is 6.31. The monoisotopic (exact) mass is 293 g/mol. The third-order valence-corrected chi connectivity index (χ3v) is 4.37. The first-order valence-electron chi connectivity index (χ1n) is 7.78. The van der Waals surface area contributed by atoms with E-state index >= 15 is 0 Å². The standard InChI is InChI=1S/C15H27N5O/c1-12-6-5-8-20(9-7-12)15(21)11-18(3)10-14-17-16-13(2)19(14)4/h12H,5-11H2,1-4H3/t12-/m0/s1. The molecule has 2 heterocycles. The molecule has 0 aromatic carbocycles. The molecule has 6 nitrogen and oxygen atoms in total. The maximum Gasteiger partial charge on any atom is 0.236 e.